The number of benzene rings is 1. The number of carbonyl (C=O) groups excluding carboxylic acids is 1. The molecule has 0 radical (unpaired) electrons. The summed E-state index contributed by atoms with van der Waals surface area (Å²) in [4.78, 5) is 12.0. The highest BCUT2D eigenvalue weighted by Gasteiger charge is 2.20. The van der Waals surface area contributed by atoms with Gasteiger partial charge in [0.05, 0.1) is 6.61 Å². The van der Waals surface area contributed by atoms with E-state index in [1.54, 1.807) is 12.2 Å². The second kappa shape index (κ2) is 7.60. The number of allylic oxidation sites excluding steroid dienone is 1. The van der Waals surface area contributed by atoms with Crippen LogP contribution in [0.1, 0.15) is 43.6 Å². The molecule has 0 aliphatic heterocycles. The highest BCUT2D eigenvalue weighted by molar-refractivity contribution is 5.97. The molecule has 0 unspecified atom stereocenters. The number of fused-ring (bicyclic) bond motifs is 3. The third kappa shape index (κ3) is 3.63. The first-order valence-electron chi connectivity index (χ1n) is 8.92. The summed E-state index contributed by atoms with van der Waals surface area (Å²) >= 11 is 0. The third-order valence-electron chi connectivity index (χ3n) is 4.55. The van der Waals surface area contributed by atoms with E-state index in [9.17, 15) is 4.79 Å². The van der Waals surface area contributed by atoms with Crippen LogP contribution in [-0.4, -0.2) is 19.1 Å². The van der Waals surface area contributed by atoms with Gasteiger partial charge in [0.15, 0.2) is 0 Å². The Morgan fingerprint density at radius 1 is 1.36 bits per heavy atom. The van der Waals surface area contributed by atoms with Crippen molar-refractivity contribution in [2.45, 2.75) is 39.5 Å². The molecule has 0 saturated heterocycles. The van der Waals surface area contributed by atoms with Crippen LogP contribution < -0.4 is 10.1 Å². The number of hydrogen-bond donors (Lipinski definition) is 1. The van der Waals surface area contributed by atoms with Crippen LogP contribution in [0.25, 0.3) is 16.5 Å². The van der Waals surface area contributed by atoms with E-state index in [-0.39, 0.29) is 5.91 Å². The van der Waals surface area contributed by atoms with Gasteiger partial charge in [-0.1, -0.05) is 6.08 Å². The molecule has 4 nitrogen and oxygen atoms in total. The van der Waals surface area contributed by atoms with Crippen LogP contribution in [0.15, 0.2) is 35.3 Å². The van der Waals surface area contributed by atoms with Gasteiger partial charge in [0.25, 0.3) is 0 Å². The molecular formula is C21H25NO3. The van der Waals surface area contributed by atoms with Crippen molar-refractivity contribution in [3.8, 4) is 5.75 Å². The number of amides is 1. The average molecular weight is 339 g/mol. The zero-order chi connectivity index (χ0) is 17.8. The minimum Gasteiger partial charge on any atom is -0.493 e. The van der Waals surface area contributed by atoms with Crippen molar-refractivity contribution in [1.29, 1.82) is 0 Å². The summed E-state index contributed by atoms with van der Waals surface area (Å²) in [6, 6.07) is 4.08. The fourth-order valence-electron chi connectivity index (χ4n) is 3.37. The molecule has 132 valence electrons. The second-order valence-corrected chi connectivity index (χ2v) is 6.35. The molecule has 3 rings (SSSR count). The average Bonchev–Trinajstić information content (AvgIpc) is 2.97. The summed E-state index contributed by atoms with van der Waals surface area (Å²) in [6.45, 7) is 8.52. The highest BCUT2D eigenvalue weighted by atomic mass is 16.5. The Balaban J connectivity index is 2.05. The quantitative estimate of drug-likeness (QED) is 0.626. The summed E-state index contributed by atoms with van der Waals surface area (Å²) in [5.41, 5.74) is 4.01. The van der Waals surface area contributed by atoms with Crippen LogP contribution in [0.2, 0.25) is 0 Å². The van der Waals surface area contributed by atoms with Crippen LogP contribution in [0, 0.1) is 0 Å². The zero-order valence-electron chi connectivity index (χ0n) is 15.0. The molecule has 1 aliphatic rings. The molecule has 1 N–H and O–H groups in total. The standard InChI is InChI=1S/C21H25NO3/c1-4-10-22-21(23)11-14(3)16-12-17-15-8-6-7-9-18(15)25-20(17)13-19(16)24-5-2/h4,11-13H,1,5-10H2,2-3H3,(H,22,23)/b14-11+. The van der Waals surface area contributed by atoms with E-state index in [1.807, 2.05) is 19.9 Å². The van der Waals surface area contributed by atoms with Crippen molar-refractivity contribution in [2.75, 3.05) is 13.2 Å². The molecule has 1 heterocycles. The maximum absolute atomic E-state index is 12.0. The fraction of sp³-hybridized carbons (Fsp3) is 0.381. The molecule has 2 aromatic rings. The lowest BCUT2D eigenvalue weighted by Gasteiger charge is -2.12. The topological polar surface area (TPSA) is 51.5 Å². The monoisotopic (exact) mass is 339 g/mol. The van der Waals surface area contributed by atoms with Gasteiger partial charge in [-0.2, -0.15) is 0 Å². The lowest BCUT2D eigenvalue weighted by molar-refractivity contribution is -0.116. The first-order chi connectivity index (χ1) is 12.1. The molecule has 0 fully saturated rings. The van der Waals surface area contributed by atoms with Gasteiger partial charge in [-0.15, -0.1) is 6.58 Å². The summed E-state index contributed by atoms with van der Waals surface area (Å²) in [5, 5.41) is 3.92. The van der Waals surface area contributed by atoms with Crippen LogP contribution in [0.4, 0.5) is 0 Å². The minimum atomic E-state index is -0.130. The normalized spacial score (nSPS) is 14.2. The summed E-state index contributed by atoms with van der Waals surface area (Å²) < 4.78 is 11.9. The number of rotatable bonds is 6. The Labute approximate surface area is 148 Å². The van der Waals surface area contributed by atoms with Crippen molar-refractivity contribution in [3.05, 3.63) is 47.8 Å². The highest BCUT2D eigenvalue weighted by Crippen LogP contribution is 2.38. The molecule has 4 heteroatoms. The molecule has 1 aromatic carbocycles. The van der Waals surface area contributed by atoms with Crippen molar-refractivity contribution >= 4 is 22.4 Å². The SMILES string of the molecule is C=CCNC(=O)/C=C(\C)c1cc2c3c(oc2cc1OCC)CCCC3. The van der Waals surface area contributed by atoms with Gasteiger partial charge in [-0.3, -0.25) is 4.79 Å². The third-order valence-corrected chi connectivity index (χ3v) is 4.55. The number of furan rings is 1. The lowest BCUT2D eigenvalue weighted by atomic mass is 9.94. The molecule has 0 spiro atoms. The Morgan fingerprint density at radius 2 is 2.16 bits per heavy atom. The van der Waals surface area contributed by atoms with Gasteiger partial charge >= 0.3 is 0 Å². The molecule has 1 aromatic heterocycles. The Morgan fingerprint density at radius 3 is 2.92 bits per heavy atom. The minimum absolute atomic E-state index is 0.130. The Kier molecular flexibility index (Phi) is 5.27. The number of carbonyl (C=O) groups is 1. The first-order valence-corrected chi connectivity index (χ1v) is 8.92. The van der Waals surface area contributed by atoms with E-state index in [2.05, 4.69) is 18.0 Å². The predicted octanol–water partition coefficient (Wildman–Crippen LogP) is 4.42. The van der Waals surface area contributed by atoms with Crippen LogP contribution in [0.5, 0.6) is 5.75 Å². The van der Waals surface area contributed by atoms with E-state index >= 15 is 0 Å². The van der Waals surface area contributed by atoms with Gasteiger partial charge in [0, 0.05) is 41.6 Å². The van der Waals surface area contributed by atoms with E-state index in [4.69, 9.17) is 9.15 Å². The largest absolute Gasteiger partial charge is 0.493 e. The lowest BCUT2D eigenvalue weighted by Crippen LogP contribution is -2.20. The van der Waals surface area contributed by atoms with E-state index in [0.29, 0.717) is 13.2 Å². The van der Waals surface area contributed by atoms with E-state index in [1.165, 1.54) is 18.4 Å². The molecule has 0 atom stereocenters. The number of nitrogens with one attached hydrogen (secondary N) is 1. The smallest absolute Gasteiger partial charge is 0.244 e. The molecule has 0 bridgehead atoms. The zero-order valence-corrected chi connectivity index (χ0v) is 15.0. The maximum atomic E-state index is 12.0. The van der Waals surface area contributed by atoms with E-state index < -0.39 is 0 Å². The van der Waals surface area contributed by atoms with Gasteiger partial charge < -0.3 is 14.5 Å². The molecule has 25 heavy (non-hydrogen) atoms. The Bertz CT molecular complexity index is 829. The number of aryl methyl sites for hydroxylation is 2. The maximum Gasteiger partial charge on any atom is 0.244 e. The Hall–Kier alpha value is -2.49. The van der Waals surface area contributed by atoms with Crippen LogP contribution in [-0.2, 0) is 17.6 Å². The van der Waals surface area contributed by atoms with E-state index in [0.717, 1.165) is 46.5 Å². The summed E-state index contributed by atoms with van der Waals surface area (Å²) in [7, 11) is 0. The van der Waals surface area contributed by atoms with Crippen molar-refractivity contribution in [3.63, 3.8) is 0 Å². The van der Waals surface area contributed by atoms with Crippen molar-refractivity contribution < 1.29 is 13.9 Å². The van der Waals surface area contributed by atoms with Gasteiger partial charge in [-0.25, -0.2) is 0 Å². The summed E-state index contributed by atoms with van der Waals surface area (Å²) in [6.07, 6.45) is 7.71. The van der Waals surface area contributed by atoms with Crippen LogP contribution in [0.3, 0.4) is 0 Å². The van der Waals surface area contributed by atoms with Gasteiger partial charge in [-0.05, 0) is 44.7 Å². The predicted molar refractivity (Wildman–Crippen MR) is 101 cm³/mol. The molecule has 1 amide bonds. The molecule has 1 aliphatic carbocycles. The number of hydrogen-bond acceptors (Lipinski definition) is 3. The molecule has 0 saturated carbocycles. The number of ether oxygens (including phenoxy) is 1. The van der Waals surface area contributed by atoms with Gasteiger partial charge in [0.1, 0.15) is 17.1 Å². The van der Waals surface area contributed by atoms with Crippen LogP contribution >= 0.6 is 0 Å². The van der Waals surface area contributed by atoms with Crippen molar-refractivity contribution in [2.24, 2.45) is 0 Å². The fourth-order valence-corrected chi connectivity index (χ4v) is 3.37. The summed E-state index contributed by atoms with van der Waals surface area (Å²) in [5.74, 6) is 1.73. The first kappa shape index (κ1) is 17.3. The van der Waals surface area contributed by atoms with Crippen molar-refractivity contribution in [1.82, 2.24) is 5.32 Å². The van der Waals surface area contributed by atoms with Gasteiger partial charge in [0.2, 0.25) is 5.91 Å². The second-order valence-electron chi connectivity index (χ2n) is 6.35. The molecular weight excluding hydrogens is 314 g/mol.